The Morgan fingerprint density at radius 2 is 1.05 bits per heavy atom. The Kier molecular flexibility index (Phi) is 25.2. The molecule has 2 aliphatic rings. The summed E-state index contributed by atoms with van der Waals surface area (Å²) in [7, 11) is 5.72. The summed E-state index contributed by atoms with van der Waals surface area (Å²) in [5, 5.41) is 20.5. The van der Waals surface area contributed by atoms with Crippen LogP contribution in [0.3, 0.4) is 0 Å². The van der Waals surface area contributed by atoms with Gasteiger partial charge in [-0.15, -0.1) is 0 Å². The van der Waals surface area contributed by atoms with Crippen LogP contribution in [0.2, 0.25) is 0 Å². The maximum absolute atomic E-state index is 15.3. The van der Waals surface area contributed by atoms with E-state index in [0.717, 1.165) is 10.5 Å². The molecule has 2 heterocycles. The maximum Gasteiger partial charge on any atom is 0.332 e. The van der Waals surface area contributed by atoms with E-state index in [0.29, 0.717) is 31.2 Å². The number of likely N-dealkylation sites (N-methyl/N-ethyl adjacent to an activating group) is 4. The molecule has 0 saturated carbocycles. The van der Waals surface area contributed by atoms with Gasteiger partial charge in [0.15, 0.2) is 12.1 Å². The van der Waals surface area contributed by atoms with E-state index in [1.54, 1.807) is 60.6 Å². The van der Waals surface area contributed by atoms with E-state index in [4.69, 9.17) is 4.74 Å². The fraction of sp³-hybridized carbons (Fsp3) is 0.656. The lowest BCUT2D eigenvalue weighted by Crippen LogP contribution is -2.62. The number of esters is 1. The van der Waals surface area contributed by atoms with E-state index >= 15 is 9.59 Å². The molecular weight excluding hydrogens is 1020 g/mol. The molecule has 0 radical (unpaired) electrons. The summed E-state index contributed by atoms with van der Waals surface area (Å²) in [5.41, 5.74) is 1.43. The maximum atomic E-state index is 15.3. The lowest BCUT2D eigenvalue weighted by atomic mass is 9.94. The van der Waals surface area contributed by atoms with Crippen molar-refractivity contribution >= 4 is 53.2 Å². The van der Waals surface area contributed by atoms with Gasteiger partial charge in [-0.05, 0) is 66.9 Å². The van der Waals surface area contributed by atoms with Crippen LogP contribution < -0.4 is 16.0 Å². The lowest BCUT2D eigenvalue weighted by Gasteiger charge is -2.38. The third kappa shape index (κ3) is 16.6. The number of benzene rings is 2. The predicted molar refractivity (Wildman–Crippen MR) is 306 cm³/mol. The van der Waals surface area contributed by atoms with Crippen LogP contribution in [0, 0.1) is 29.6 Å². The number of nitrogens with one attached hydrogen (secondary N) is 3. The zero-order valence-corrected chi connectivity index (χ0v) is 50.3. The highest BCUT2D eigenvalue weighted by atomic mass is 16.6. The van der Waals surface area contributed by atoms with Gasteiger partial charge in [-0.2, -0.15) is 0 Å². The second-order valence-corrected chi connectivity index (χ2v) is 23.4. The third-order valence-electron chi connectivity index (χ3n) is 16.1. The molecule has 2 saturated heterocycles. The van der Waals surface area contributed by atoms with Crippen molar-refractivity contribution in [2.45, 2.75) is 194 Å². The Morgan fingerprint density at radius 1 is 0.562 bits per heavy atom. The van der Waals surface area contributed by atoms with E-state index < -0.39 is 137 Å². The van der Waals surface area contributed by atoms with Gasteiger partial charge >= 0.3 is 5.97 Å². The molecule has 4 rings (SSSR count). The number of rotatable bonds is 15. The molecule has 2 unspecified atom stereocenters. The van der Waals surface area contributed by atoms with Gasteiger partial charge in [-0.1, -0.05) is 150 Å². The monoisotopic (exact) mass is 1110 g/mol. The normalized spacial score (nSPS) is 26.5. The average Bonchev–Trinajstić information content (AvgIpc) is 3.92. The van der Waals surface area contributed by atoms with Crippen LogP contribution in [0.25, 0.3) is 0 Å². The van der Waals surface area contributed by atoms with Crippen LogP contribution in [-0.2, 0) is 60.7 Å². The van der Waals surface area contributed by atoms with Gasteiger partial charge in [-0.3, -0.25) is 38.4 Å². The smallest absolute Gasteiger partial charge is 0.332 e. The second-order valence-electron chi connectivity index (χ2n) is 23.4. The number of ether oxygens (including phenoxy) is 1. The van der Waals surface area contributed by atoms with Crippen molar-refractivity contribution in [2.24, 2.45) is 29.6 Å². The number of fused-ring (bicyclic) bond motifs is 1. The van der Waals surface area contributed by atoms with E-state index in [-0.39, 0.29) is 44.6 Å². The zero-order chi connectivity index (χ0) is 59.9. The molecule has 4 N–H and O–H groups in total. The number of hydrogen-bond acceptors (Lipinski definition) is 11. The number of hydrogen-bond donors (Lipinski definition) is 4. The molecule has 2 aliphatic heterocycles. The molecule has 2 aromatic carbocycles. The molecule has 444 valence electrons. The van der Waals surface area contributed by atoms with Crippen molar-refractivity contribution < 1.29 is 53.0 Å². The van der Waals surface area contributed by atoms with Crippen molar-refractivity contribution in [3.05, 3.63) is 71.8 Å². The van der Waals surface area contributed by atoms with Gasteiger partial charge in [0.2, 0.25) is 41.4 Å². The Balaban J connectivity index is 1.98. The summed E-state index contributed by atoms with van der Waals surface area (Å²) in [4.78, 5) is 141. The zero-order valence-electron chi connectivity index (χ0n) is 50.3. The molecule has 19 nitrogen and oxygen atoms in total. The Labute approximate surface area is 475 Å². The molecule has 8 amide bonds. The molecule has 0 aliphatic carbocycles. The van der Waals surface area contributed by atoms with Crippen molar-refractivity contribution in [3.8, 4) is 0 Å². The van der Waals surface area contributed by atoms with E-state index in [1.165, 1.54) is 47.8 Å². The highest BCUT2D eigenvalue weighted by molar-refractivity contribution is 5.99. The summed E-state index contributed by atoms with van der Waals surface area (Å²) in [6, 6.07) is 8.24. The fourth-order valence-corrected chi connectivity index (χ4v) is 11.1. The van der Waals surface area contributed by atoms with Crippen LogP contribution in [0.5, 0.6) is 0 Å². The van der Waals surface area contributed by atoms with Crippen LogP contribution in [0.4, 0.5) is 0 Å². The molecule has 2 aromatic rings. The standard InChI is InChI=1S/C61H94N8O11/c1-16-26-47(70)51-61(79)80-52(40(11)18-3)60(78)67(14)50(38(8)9)55(73)63-44(34-41-27-21-19-22-28-41)56(74)65(12)46(35-42-29-23-20-24-30-42)58(76)69-32-25-31-45(69)53(71)64-48(39(10)17-2)59(77)66(13)49(37(6)7)54(72)62-43(33-36(4)5)57(75)68(51)15/h19-24,27-30,36-40,43-52,70H,16-18,25-26,31-35H2,1-15H3,(H,62,72)(H,63,73)(H,64,71)/t39-,40-,43-,44-,45?,46-,47?,48-,49-,50-,51-,52+/m0/s1. The van der Waals surface area contributed by atoms with Gasteiger partial charge in [-0.25, -0.2) is 4.79 Å². The van der Waals surface area contributed by atoms with Crippen molar-refractivity contribution in [1.29, 1.82) is 0 Å². The van der Waals surface area contributed by atoms with Crippen molar-refractivity contribution in [1.82, 2.24) is 40.4 Å². The lowest BCUT2D eigenvalue weighted by molar-refractivity contribution is -0.174. The molecule has 19 heteroatoms. The summed E-state index contributed by atoms with van der Waals surface area (Å²) in [6.45, 7) is 19.9. The first kappa shape index (κ1) is 66.1. The minimum atomic E-state index is -1.65. The fourth-order valence-electron chi connectivity index (χ4n) is 11.1. The number of aliphatic hydroxyl groups excluding tert-OH is 1. The quantitative estimate of drug-likeness (QED) is 0.178. The number of carbonyl (C=O) groups excluding carboxylic acids is 9. The van der Waals surface area contributed by atoms with Gasteiger partial charge in [0.05, 0.1) is 6.10 Å². The first-order chi connectivity index (χ1) is 37.7. The van der Waals surface area contributed by atoms with Crippen molar-refractivity contribution in [2.75, 3.05) is 34.7 Å². The number of nitrogens with zero attached hydrogens (tertiary/aromatic N) is 5. The number of cyclic esters (lactones) is 1. The molecule has 0 bridgehead atoms. The van der Waals surface area contributed by atoms with Gasteiger partial charge in [0.1, 0.15) is 42.3 Å². The van der Waals surface area contributed by atoms with Crippen LogP contribution in [0.15, 0.2) is 60.7 Å². The van der Waals surface area contributed by atoms with Crippen molar-refractivity contribution in [3.63, 3.8) is 0 Å². The summed E-state index contributed by atoms with van der Waals surface area (Å²) in [5.74, 6) is -8.51. The van der Waals surface area contributed by atoms with Crippen LogP contribution >= 0.6 is 0 Å². The highest BCUT2D eigenvalue weighted by Crippen LogP contribution is 2.27. The SMILES string of the molecule is CCCC(O)[C@H]1C(=O)O[C@H]([C@@H](C)CC)C(=O)N(C)[C@@H](C(C)C)C(=O)N[C@@H](Cc2ccccc2)C(=O)N(C)[C@@H](Cc2ccccc2)C(=O)N2CCCC2C(=O)N[C@@H]([C@@H](C)CC)C(=O)N(C)[C@@H](C(C)C)C(=O)N[C@@H](CC(C)C)C(=O)N1C. The summed E-state index contributed by atoms with van der Waals surface area (Å²) < 4.78 is 6.13. The topological polar surface area (TPSA) is 235 Å². The first-order valence-corrected chi connectivity index (χ1v) is 29.0. The molecule has 0 aromatic heterocycles. The molecule has 12 atom stereocenters. The number of amides is 8. The second kappa shape index (κ2) is 30.4. The average molecular weight is 1120 g/mol. The van der Waals surface area contributed by atoms with Gasteiger partial charge in [0.25, 0.3) is 5.91 Å². The van der Waals surface area contributed by atoms with E-state index in [1.807, 2.05) is 76.2 Å². The van der Waals surface area contributed by atoms with E-state index in [2.05, 4.69) is 16.0 Å². The summed E-state index contributed by atoms with van der Waals surface area (Å²) in [6.07, 6.45) is -0.856. The molecule has 80 heavy (non-hydrogen) atoms. The molecule has 2 fully saturated rings. The predicted octanol–water partition coefficient (Wildman–Crippen LogP) is 4.76. The van der Waals surface area contributed by atoms with Gasteiger partial charge in [0, 0.05) is 53.5 Å². The number of aliphatic hydroxyl groups is 1. The Hall–Kier alpha value is -6.37. The van der Waals surface area contributed by atoms with Crippen LogP contribution in [-0.4, -0.2) is 178 Å². The minimum absolute atomic E-state index is 0.00364. The Morgan fingerprint density at radius 3 is 1.55 bits per heavy atom. The largest absolute Gasteiger partial charge is 0.450 e. The summed E-state index contributed by atoms with van der Waals surface area (Å²) >= 11 is 0. The third-order valence-corrected chi connectivity index (χ3v) is 16.1. The van der Waals surface area contributed by atoms with Gasteiger partial charge < -0.3 is 50.3 Å². The van der Waals surface area contributed by atoms with E-state index in [9.17, 15) is 38.7 Å². The Bertz CT molecular complexity index is 2420. The minimum Gasteiger partial charge on any atom is -0.450 e. The van der Waals surface area contributed by atoms with Crippen LogP contribution in [0.1, 0.15) is 132 Å². The highest BCUT2D eigenvalue weighted by Gasteiger charge is 2.46. The molecule has 0 spiro atoms. The number of carbonyl (C=O) groups is 9. The molecular formula is C61H94N8O11. The first-order valence-electron chi connectivity index (χ1n) is 29.0.